The van der Waals surface area contributed by atoms with Crippen molar-refractivity contribution < 1.29 is 33.0 Å². The van der Waals surface area contributed by atoms with E-state index in [1.54, 1.807) is 14.0 Å². The smallest absolute Gasteiger partial charge is 0.192 e. The van der Waals surface area contributed by atoms with Crippen LogP contribution in [0.3, 0.4) is 0 Å². The first-order valence-electron chi connectivity index (χ1n) is 16.5. The zero-order valence-corrected chi connectivity index (χ0v) is 31.7. The van der Waals surface area contributed by atoms with Crippen LogP contribution < -0.4 is 4.74 Å². The minimum Gasteiger partial charge on any atom is -0.497 e. The number of ether oxygens (including phenoxy) is 4. The number of benzene rings is 3. The van der Waals surface area contributed by atoms with E-state index in [4.69, 9.17) is 35.0 Å². The van der Waals surface area contributed by atoms with Gasteiger partial charge in [-0.3, -0.25) is 4.79 Å². The quantitative estimate of drug-likeness (QED) is 0.0706. The van der Waals surface area contributed by atoms with Crippen LogP contribution in [0.1, 0.15) is 58.2 Å². The third-order valence-electron chi connectivity index (χ3n) is 9.22. The Morgan fingerprint density at radius 1 is 0.750 bits per heavy atom. The number of rotatable bonds is 19. The number of carbonyl (C=O) groups excluding carboxylic acids is 2. The van der Waals surface area contributed by atoms with Crippen LogP contribution in [-0.4, -0.2) is 57.3 Å². The summed E-state index contributed by atoms with van der Waals surface area (Å²) in [6.07, 6.45) is -2.98. The fourth-order valence-electron chi connectivity index (χ4n) is 5.17. The van der Waals surface area contributed by atoms with Crippen LogP contribution in [-0.2, 0) is 48.0 Å². The van der Waals surface area contributed by atoms with E-state index < -0.39 is 43.5 Å². The zero-order valence-electron chi connectivity index (χ0n) is 29.9. The van der Waals surface area contributed by atoms with Crippen molar-refractivity contribution in [3.8, 4) is 5.75 Å². The number of ketones is 1. The molecule has 0 aromatic heterocycles. The molecule has 5 atom stereocenters. The molecule has 3 rings (SSSR count). The maximum atomic E-state index is 14.0. The second-order valence-electron chi connectivity index (χ2n) is 14.3. The van der Waals surface area contributed by atoms with Crippen LogP contribution in [0.2, 0.25) is 18.1 Å². The Bertz CT molecular complexity index is 1410. The Kier molecular flexibility index (Phi) is 14.6. The van der Waals surface area contributed by atoms with Crippen LogP contribution >= 0.6 is 11.6 Å². The molecular formula is C39H53ClO7Si. The average molecular weight is 697 g/mol. The van der Waals surface area contributed by atoms with Gasteiger partial charge in [-0.15, -0.1) is 11.6 Å². The van der Waals surface area contributed by atoms with Gasteiger partial charge in [0.15, 0.2) is 20.4 Å². The van der Waals surface area contributed by atoms with E-state index in [1.807, 2.05) is 98.8 Å². The molecule has 48 heavy (non-hydrogen) atoms. The molecule has 0 amide bonds. The minimum absolute atomic E-state index is 0.174. The standard InChI is InChI=1S/C39H53ClO7Si/c1-28(40)34(42)35(45-26-30-18-14-11-15-19-30)37(47-48(8,9)38(2,3)4)39(5,6)36(46-27-31-20-22-32(43-7)23-21-31)33(24-41)44-25-29-16-12-10-13-17-29/h10-24,28,33,35-37H,25-27H2,1-9H3/t28-,33+,35+,36+,37+/m1/s1. The van der Waals surface area contributed by atoms with Gasteiger partial charge in [0.25, 0.3) is 0 Å². The van der Waals surface area contributed by atoms with Crippen LogP contribution in [0.15, 0.2) is 84.9 Å². The normalized spacial score (nSPS) is 15.6. The monoisotopic (exact) mass is 696 g/mol. The highest BCUT2D eigenvalue weighted by Gasteiger charge is 2.53. The lowest BCUT2D eigenvalue weighted by molar-refractivity contribution is -0.183. The summed E-state index contributed by atoms with van der Waals surface area (Å²) in [5.41, 5.74) is 1.70. The molecule has 0 radical (unpaired) electrons. The summed E-state index contributed by atoms with van der Waals surface area (Å²) in [6.45, 7) is 16.8. The van der Waals surface area contributed by atoms with Crippen molar-refractivity contribution in [2.75, 3.05) is 7.11 Å². The van der Waals surface area contributed by atoms with Gasteiger partial charge >= 0.3 is 0 Å². The number of Topliss-reactive ketones (excluding diaryl/α,β-unsaturated/α-hetero) is 1. The molecule has 0 saturated carbocycles. The SMILES string of the molecule is COc1ccc(CO[C@@H]([C@H](C=O)OCc2ccccc2)C(C)(C)[C@@H](O[Si](C)(C)C(C)(C)C)[C@@H](OCc2ccccc2)C(=O)[C@@H](C)Cl)cc1. The van der Waals surface area contributed by atoms with Crippen LogP contribution in [0.25, 0.3) is 0 Å². The summed E-state index contributed by atoms with van der Waals surface area (Å²) in [5, 5.41) is -1.05. The lowest BCUT2D eigenvalue weighted by Crippen LogP contribution is -2.61. The molecule has 0 saturated heterocycles. The maximum Gasteiger partial charge on any atom is 0.192 e. The van der Waals surface area contributed by atoms with Gasteiger partial charge in [-0.2, -0.15) is 0 Å². The van der Waals surface area contributed by atoms with Gasteiger partial charge in [-0.25, -0.2) is 0 Å². The second kappa shape index (κ2) is 17.7. The molecule has 0 heterocycles. The van der Waals surface area contributed by atoms with E-state index in [1.165, 1.54) is 0 Å². The molecule has 3 aromatic carbocycles. The van der Waals surface area contributed by atoms with E-state index in [2.05, 4.69) is 33.9 Å². The molecule has 0 aliphatic rings. The molecule has 262 valence electrons. The van der Waals surface area contributed by atoms with Gasteiger partial charge < -0.3 is 28.2 Å². The van der Waals surface area contributed by atoms with Gasteiger partial charge in [0.05, 0.1) is 44.5 Å². The average Bonchev–Trinajstić information content (AvgIpc) is 3.06. The molecule has 7 nitrogen and oxygen atoms in total. The van der Waals surface area contributed by atoms with Gasteiger partial charge in [-0.1, -0.05) is 107 Å². The van der Waals surface area contributed by atoms with Gasteiger partial charge in [0.2, 0.25) is 0 Å². The summed E-state index contributed by atoms with van der Waals surface area (Å²) in [5.74, 6) is 0.425. The predicted octanol–water partition coefficient (Wildman–Crippen LogP) is 8.56. The Hall–Kier alpha value is -2.85. The zero-order chi connectivity index (χ0) is 35.5. The number of methoxy groups -OCH3 is 1. The molecule has 0 fully saturated rings. The predicted molar refractivity (Wildman–Crippen MR) is 194 cm³/mol. The van der Waals surface area contributed by atoms with E-state index in [9.17, 15) is 9.59 Å². The fourth-order valence-corrected chi connectivity index (χ4v) is 6.71. The number of aldehydes is 1. The number of alkyl halides is 1. The van der Waals surface area contributed by atoms with E-state index in [-0.39, 0.29) is 30.6 Å². The van der Waals surface area contributed by atoms with Crippen molar-refractivity contribution in [1.82, 2.24) is 0 Å². The second-order valence-corrected chi connectivity index (χ2v) is 19.7. The van der Waals surface area contributed by atoms with Crippen molar-refractivity contribution in [3.63, 3.8) is 0 Å². The molecule has 0 aliphatic carbocycles. The molecule has 0 spiro atoms. The Morgan fingerprint density at radius 2 is 1.23 bits per heavy atom. The number of hydrogen-bond acceptors (Lipinski definition) is 7. The van der Waals surface area contributed by atoms with Gasteiger partial charge in [0.1, 0.15) is 18.0 Å². The molecule has 3 aromatic rings. The topological polar surface area (TPSA) is 80.3 Å². The largest absolute Gasteiger partial charge is 0.497 e. The molecular weight excluding hydrogens is 644 g/mol. The summed E-state index contributed by atoms with van der Waals surface area (Å²) < 4.78 is 32.0. The maximum absolute atomic E-state index is 14.0. The van der Waals surface area contributed by atoms with Crippen molar-refractivity contribution in [1.29, 1.82) is 0 Å². The van der Waals surface area contributed by atoms with Gasteiger partial charge in [-0.05, 0) is 53.9 Å². The van der Waals surface area contributed by atoms with Gasteiger partial charge in [0, 0.05) is 5.41 Å². The van der Waals surface area contributed by atoms with Crippen LogP contribution in [0.4, 0.5) is 0 Å². The van der Waals surface area contributed by atoms with Crippen LogP contribution in [0.5, 0.6) is 5.75 Å². The Labute approximate surface area is 293 Å². The van der Waals surface area contributed by atoms with Crippen LogP contribution in [0, 0.1) is 5.41 Å². The highest BCUT2D eigenvalue weighted by atomic mass is 35.5. The first-order valence-corrected chi connectivity index (χ1v) is 19.8. The third kappa shape index (κ3) is 10.8. The fraction of sp³-hybridized carbons (Fsp3) is 0.487. The number of carbonyl (C=O) groups is 2. The molecule has 9 heteroatoms. The summed E-state index contributed by atoms with van der Waals surface area (Å²) in [4.78, 5) is 27.0. The first kappa shape index (κ1) is 39.6. The Balaban J connectivity index is 2.12. The third-order valence-corrected chi connectivity index (χ3v) is 13.9. The van der Waals surface area contributed by atoms with Crippen molar-refractivity contribution in [2.45, 2.75) is 109 Å². The minimum atomic E-state index is -2.56. The van der Waals surface area contributed by atoms with E-state index in [0.29, 0.717) is 0 Å². The Morgan fingerprint density at radius 3 is 1.69 bits per heavy atom. The molecule has 0 bridgehead atoms. The highest BCUT2D eigenvalue weighted by molar-refractivity contribution is 6.74. The molecule has 0 aliphatic heterocycles. The van der Waals surface area contributed by atoms with E-state index >= 15 is 0 Å². The van der Waals surface area contributed by atoms with E-state index in [0.717, 1.165) is 28.7 Å². The lowest BCUT2D eigenvalue weighted by Gasteiger charge is -2.49. The number of hydrogen-bond donors (Lipinski definition) is 0. The van der Waals surface area contributed by atoms with Crippen molar-refractivity contribution >= 4 is 32.0 Å². The summed E-state index contributed by atoms with van der Waals surface area (Å²) >= 11 is 6.52. The first-order chi connectivity index (χ1) is 22.6. The van der Waals surface area contributed by atoms with Crippen molar-refractivity contribution in [3.05, 3.63) is 102 Å². The summed E-state index contributed by atoms with van der Waals surface area (Å²) in [7, 11) is -0.947. The van der Waals surface area contributed by atoms with Crippen molar-refractivity contribution in [2.24, 2.45) is 5.41 Å². The molecule has 0 N–H and O–H groups in total. The number of halogens is 1. The lowest BCUT2D eigenvalue weighted by atomic mass is 9.75. The molecule has 0 unspecified atom stereocenters. The highest BCUT2D eigenvalue weighted by Crippen LogP contribution is 2.44. The summed E-state index contributed by atoms with van der Waals surface area (Å²) in [6, 6.07) is 26.9.